The lowest BCUT2D eigenvalue weighted by atomic mass is 9.89. The van der Waals surface area contributed by atoms with Crippen LogP contribution >= 0.6 is 15.9 Å². The molecule has 3 N–H and O–H groups in total. The fourth-order valence-electron chi connectivity index (χ4n) is 6.10. The summed E-state index contributed by atoms with van der Waals surface area (Å²) in [5.41, 5.74) is 1.93. The molecule has 0 spiro atoms. The molecule has 1 saturated heterocycles. The topological polar surface area (TPSA) is 165 Å². The van der Waals surface area contributed by atoms with Gasteiger partial charge in [0.1, 0.15) is 12.2 Å². The maximum atomic E-state index is 14.1. The highest BCUT2D eigenvalue weighted by Gasteiger charge is 2.39. The Morgan fingerprint density at radius 1 is 0.961 bits per heavy atom. The number of ether oxygens (including phenoxy) is 2. The average Bonchev–Trinajstić information content (AvgIpc) is 3.61. The number of alkyl carbamates (subject to hydrolysis) is 1. The third-order valence-electron chi connectivity index (χ3n) is 8.20. The van der Waals surface area contributed by atoms with E-state index >= 15 is 0 Å². The first-order valence-corrected chi connectivity index (χ1v) is 17.2. The van der Waals surface area contributed by atoms with Gasteiger partial charge in [0.2, 0.25) is 0 Å². The number of benzene rings is 2. The van der Waals surface area contributed by atoms with E-state index in [1.54, 1.807) is 68.4 Å². The number of halogens is 1. The lowest BCUT2D eigenvalue weighted by Gasteiger charge is -2.44. The van der Waals surface area contributed by atoms with Crippen molar-refractivity contribution in [3.63, 3.8) is 0 Å². The molecule has 264 valence electrons. The van der Waals surface area contributed by atoms with Crippen LogP contribution in [0.2, 0.25) is 0 Å². The molecule has 0 radical (unpaired) electrons. The number of nitrogens with zero attached hydrogens (tertiary/aromatic N) is 6. The lowest BCUT2D eigenvalue weighted by molar-refractivity contribution is 0.0465. The summed E-state index contributed by atoms with van der Waals surface area (Å²) in [4.78, 5) is 51.0. The maximum absolute atomic E-state index is 14.1. The van der Waals surface area contributed by atoms with Crippen molar-refractivity contribution < 1.29 is 23.9 Å². The van der Waals surface area contributed by atoms with Crippen molar-refractivity contribution in [2.45, 2.75) is 52.0 Å². The van der Waals surface area contributed by atoms with Crippen molar-refractivity contribution in [2.75, 3.05) is 28.6 Å². The van der Waals surface area contributed by atoms with Crippen LogP contribution in [0.25, 0.3) is 10.9 Å². The molecule has 2 aromatic carbocycles. The molecule has 0 unspecified atom stereocenters. The number of carbonyl (C=O) groups is 3. The summed E-state index contributed by atoms with van der Waals surface area (Å²) in [5, 5.41) is 17.6. The highest BCUT2D eigenvalue weighted by atomic mass is 79.9. The highest BCUT2D eigenvalue weighted by molar-refractivity contribution is 9.10. The third kappa shape index (κ3) is 8.78. The van der Waals surface area contributed by atoms with E-state index in [9.17, 15) is 14.4 Å². The number of hydrogen-bond donors (Lipinski definition) is 3. The van der Waals surface area contributed by atoms with E-state index in [-0.39, 0.29) is 29.9 Å². The molecule has 15 heteroatoms. The Morgan fingerprint density at radius 3 is 2.51 bits per heavy atom. The summed E-state index contributed by atoms with van der Waals surface area (Å²) in [7, 11) is 0. The largest absolute Gasteiger partial charge is 0.444 e. The van der Waals surface area contributed by atoms with Crippen LogP contribution in [0, 0.1) is 5.92 Å². The minimum absolute atomic E-state index is 0.0181. The van der Waals surface area contributed by atoms with E-state index < -0.39 is 29.7 Å². The van der Waals surface area contributed by atoms with E-state index in [1.165, 1.54) is 0 Å². The van der Waals surface area contributed by atoms with Crippen LogP contribution in [-0.2, 0) is 16.1 Å². The maximum Gasteiger partial charge on any atom is 0.412 e. The van der Waals surface area contributed by atoms with Gasteiger partial charge in [0.25, 0.3) is 5.91 Å². The van der Waals surface area contributed by atoms with E-state index in [4.69, 9.17) is 9.47 Å². The van der Waals surface area contributed by atoms with Gasteiger partial charge in [-0.05, 0) is 56.5 Å². The van der Waals surface area contributed by atoms with Crippen LogP contribution < -0.4 is 20.9 Å². The minimum atomic E-state index is -0.735. The monoisotopic (exact) mass is 755 g/mol. The fourth-order valence-corrected chi connectivity index (χ4v) is 6.45. The molecule has 0 aliphatic carbocycles. The number of piperidine rings is 1. The molecule has 3 amide bonds. The fraction of sp³-hybridized carbons (Fsp3) is 0.306. The molecule has 1 aliphatic rings. The van der Waals surface area contributed by atoms with Crippen molar-refractivity contribution in [3.8, 4) is 0 Å². The molecule has 0 saturated carbocycles. The number of pyridine rings is 2. The van der Waals surface area contributed by atoms with Gasteiger partial charge in [-0.1, -0.05) is 64.5 Å². The summed E-state index contributed by atoms with van der Waals surface area (Å²) in [5.74, 6) is -0.589. The molecule has 4 heterocycles. The van der Waals surface area contributed by atoms with E-state index in [0.29, 0.717) is 35.4 Å². The van der Waals surface area contributed by atoms with Gasteiger partial charge in [-0.3, -0.25) is 15.1 Å². The Kier molecular flexibility index (Phi) is 10.5. The Labute approximate surface area is 303 Å². The number of carbonyl (C=O) groups excluding carboxylic acids is 3. The molecule has 3 aromatic heterocycles. The van der Waals surface area contributed by atoms with E-state index in [2.05, 4.69) is 64.0 Å². The number of anilines is 3. The normalized spacial score (nSPS) is 17.4. The minimum Gasteiger partial charge on any atom is -0.444 e. The van der Waals surface area contributed by atoms with Crippen molar-refractivity contribution in [1.82, 2.24) is 30.3 Å². The van der Waals surface area contributed by atoms with Crippen molar-refractivity contribution in [1.29, 1.82) is 0 Å². The molecule has 14 nitrogen and oxygen atoms in total. The molecule has 6 rings (SSSR count). The predicted molar refractivity (Wildman–Crippen MR) is 195 cm³/mol. The van der Waals surface area contributed by atoms with E-state index in [1.807, 2.05) is 42.5 Å². The van der Waals surface area contributed by atoms with Crippen molar-refractivity contribution in [3.05, 3.63) is 101 Å². The smallest absolute Gasteiger partial charge is 0.412 e. The van der Waals surface area contributed by atoms with Crippen LogP contribution in [0.15, 0.2) is 89.9 Å². The standard InChI is InChI=1S/C36H38BrN9O5/c1-22-19-45(20-29(32(22)46-15-14-39-44-46)43-35(49)51-36(2,3)4)30-12-13-38-18-28(30)41-33(47)31-27(16-24-10-11-25(37)17-26(24)40-31)42-34(48)50-21-23-8-6-5-7-9-23/h5-18,22,29,32H,19-21H2,1-4H3,(H,41,47)(H,42,48)(H,43,49)/t22-,29+,32-/m0/s1. The van der Waals surface area contributed by atoms with Crippen LogP contribution in [0.4, 0.5) is 26.7 Å². The van der Waals surface area contributed by atoms with Crippen LogP contribution in [0.5, 0.6) is 0 Å². The predicted octanol–water partition coefficient (Wildman–Crippen LogP) is 6.58. The molecule has 3 atom stereocenters. The first kappa shape index (κ1) is 35.3. The molecule has 0 bridgehead atoms. The number of amides is 3. The van der Waals surface area contributed by atoms with Crippen LogP contribution in [0.3, 0.4) is 0 Å². The van der Waals surface area contributed by atoms with Gasteiger partial charge in [0.05, 0.1) is 47.1 Å². The van der Waals surface area contributed by atoms with Gasteiger partial charge in [-0.2, -0.15) is 0 Å². The van der Waals surface area contributed by atoms with E-state index in [0.717, 1.165) is 10.0 Å². The number of fused-ring (bicyclic) bond motifs is 1. The number of hydrogen-bond acceptors (Lipinski definition) is 10. The van der Waals surface area contributed by atoms with Gasteiger partial charge < -0.3 is 25.0 Å². The molecular formula is C36H38BrN9O5. The Balaban J connectivity index is 1.26. The first-order chi connectivity index (χ1) is 24.4. The van der Waals surface area contributed by atoms with Crippen LogP contribution in [0.1, 0.15) is 49.8 Å². The number of aromatic nitrogens is 5. The molecule has 5 aromatic rings. The van der Waals surface area contributed by atoms with Crippen LogP contribution in [-0.4, -0.2) is 67.8 Å². The second-order valence-electron chi connectivity index (χ2n) is 13.3. The molecule has 1 fully saturated rings. The van der Waals surface area contributed by atoms with Gasteiger partial charge >= 0.3 is 12.2 Å². The summed E-state index contributed by atoms with van der Waals surface area (Å²) in [6.45, 7) is 8.46. The molecule has 51 heavy (non-hydrogen) atoms. The highest BCUT2D eigenvalue weighted by Crippen LogP contribution is 2.35. The third-order valence-corrected chi connectivity index (χ3v) is 8.69. The Hall–Kier alpha value is -5.57. The zero-order valence-electron chi connectivity index (χ0n) is 28.5. The summed E-state index contributed by atoms with van der Waals surface area (Å²) < 4.78 is 13.6. The zero-order valence-corrected chi connectivity index (χ0v) is 30.1. The SMILES string of the molecule is C[C@H]1CN(c2ccncc2NC(=O)c2nc3cc(Br)ccc3cc2NC(=O)OCc2ccccc2)C[C@@H](NC(=O)OC(C)(C)C)[C@H]1n1ccnn1. The lowest BCUT2D eigenvalue weighted by Crippen LogP contribution is -2.57. The quantitative estimate of drug-likeness (QED) is 0.158. The number of rotatable bonds is 8. The second-order valence-corrected chi connectivity index (χ2v) is 14.2. The second kappa shape index (κ2) is 15.1. The Morgan fingerprint density at radius 2 is 1.76 bits per heavy atom. The van der Waals surface area contributed by atoms with Gasteiger partial charge in [0.15, 0.2) is 5.69 Å². The summed E-state index contributed by atoms with van der Waals surface area (Å²) >= 11 is 3.47. The van der Waals surface area contributed by atoms with Crippen molar-refractivity contribution in [2.24, 2.45) is 5.92 Å². The molecule has 1 aliphatic heterocycles. The summed E-state index contributed by atoms with van der Waals surface area (Å²) in [6.07, 6.45) is 5.28. The van der Waals surface area contributed by atoms with Gasteiger partial charge in [-0.15, -0.1) is 5.10 Å². The molecular weight excluding hydrogens is 718 g/mol. The van der Waals surface area contributed by atoms with Crippen molar-refractivity contribution >= 4 is 62.0 Å². The summed E-state index contributed by atoms with van der Waals surface area (Å²) in [6, 6.07) is 17.6. The first-order valence-electron chi connectivity index (χ1n) is 16.4. The zero-order chi connectivity index (χ0) is 36.1. The Bertz CT molecular complexity index is 2020. The van der Waals surface area contributed by atoms with Gasteiger partial charge in [0, 0.05) is 35.3 Å². The number of nitrogens with one attached hydrogen (secondary N) is 3. The van der Waals surface area contributed by atoms with Gasteiger partial charge in [-0.25, -0.2) is 19.3 Å². The average molecular weight is 757 g/mol.